The molecule has 2 heterocycles. The van der Waals surface area contributed by atoms with Crippen LogP contribution in [0.25, 0.3) is 5.57 Å². The summed E-state index contributed by atoms with van der Waals surface area (Å²) in [6, 6.07) is 16.6. The van der Waals surface area contributed by atoms with Crippen LogP contribution in [0.15, 0.2) is 70.2 Å². The normalized spacial score (nSPS) is 14.0. The summed E-state index contributed by atoms with van der Waals surface area (Å²) in [5, 5.41) is 0. The molecule has 0 N–H and O–H groups in total. The summed E-state index contributed by atoms with van der Waals surface area (Å²) in [4.78, 5) is 28.7. The summed E-state index contributed by atoms with van der Waals surface area (Å²) in [5.74, 6) is 1.17. The quantitative estimate of drug-likeness (QED) is 0.460. The fraction of sp³-hybridized carbons (Fsp3) is 0.200. The maximum atomic E-state index is 13.6. The van der Waals surface area contributed by atoms with E-state index in [0.717, 1.165) is 22.5 Å². The Morgan fingerprint density at radius 1 is 1.00 bits per heavy atom. The fourth-order valence-electron chi connectivity index (χ4n) is 3.63. The number of thioether (sulfide) groups is 1. The number of furan rings is 1. The van der Waals surface area contributed by atoms with Gasteiger partial charge in [0.2, 0.25) is 0 Å². The zero-order valence-electron chi connectivity index (χ0n) is 17.7. The number of imide groups is 1. The van der Waals surface area contributed by atoms with Gasteiger partial charge in [0.25, 0.3) is 11.8 Å². The van der Waals surface area contributed by atoms with Crippen molar-refractivity contribution in [2.24, 2.45) is 0 Å². The molecule has 0 saturated heterocycles. The molecule has 0 aliphatic carbocycles. The molecule has 0 saturated carbocycles. The van der Waals surface area contributed by atoms with E-state index in [9.17, 15) is 9.59 Å². The maximum absolute atomic E-state index is 13.6. The number of aryl methyl sites for hydroxylation is 2. The summed E-state index contributed by atoms with van der Waals surface area (Å²) >= 11 is 1.32. The molecule has 2 amide bonds. The van der Waals surface area contributed by atoms with E-state index in [1.54, 1.807) is 24.5 Å². The van der Waals surface area contributed by atoms with Gasteiger partial charge in [-0.05, 0) is 56.2 Å². The van der Waals surface area contributed by atoms with Crippen LogP contribution in [0.1, 0.15) is 29.4 Å². The lowest BCUT2D eigenvalue weighted by Gasteiger charge is -2.16. The van der Waals surface area contributed by atoms with Crippen molar-refractivity contribution in [3.05, 3.63) is 88.2 Å². The van der Waals surface area contributed by atoms with Crippen molar-refractivity contribution in [2.45, 2.75) is 26.5 Å². The molecule has 0 spiro atoms. The van der Waals surface area contributed by atoms with Crippen molar-refractivity contribution in [3.8, 4) is 5.75 Å². The van der Waals surface area contributed by atoms with Gasteiger partial charge in [-0.3, -0.25) is 9.59 Å². The number of benzene rings is 2. The summed E-state index contributed by atoms with van der Waals surface area (Å²) in [7, 11) is 0. The number of carbonyl (C=O) groups excluding carboxylic acids is 2. The van der Waals surface area contributed by atoms with Crippen LogP contribution in [0.2, 0.25) is 0 Å². The van der Waals surface area contributed by atoms with E-state index in [2.05, 4.69) is 0 Å². The second-order valence-corrected chi connectivity index (χ2v) is 8.25. The standard InChI is InChI=1S/C25H23NO4S/c1-4-29-19-8-5-7-18(14-19)26-24(27)22(21-11-10-16(2)13-17(21)3)23(25(26)28)31-15-20-9-6-12-30-20/h5-14H,4,15H2,1-3H3. The smallest absolute Gasteiger partial charge is 0.272 e. The third kappa shape index (κ3) is 4.16. The Bertz CT molecular complexity index is 1160. The lowest BCUT2D eigenvalue weighted by atomic mass is 9.99. The molecule has 1 aliphatic rings. The summed E-state index contributed by atoms with van der Waals surface area (Å²) in [6.45, 7) is 6.36. The number of carbonyl (C=O) groups is 2. The number of hydrogen-bond donors (Lipinski definition) is 0. The minimum Gasteiger partial charge on any atom is -0.494 e. The van der Waals surface area contributed by atoms with Gasteiger partial charge in [0.15, 0.2) is 0 Å². The van der Waals surface area contributed by atoms with E-state index in [1.807, 2.05) is 57.2 Å². The van der Waals surface area contributed by atoms with E-state index < -0.39 is 0 Å². The minimum atomic E-state index is -0.329. The van der Waals surface area contributed by atoms with E-state index in [1.165, 1.54) is 16.7 Å². The highest BCUT2D eigenvalue weighted by atomic mass is 32.2. The third-order valence-electron chi connectivity index (χ3n) is 5.02. The predicted octanol–water partition coefficient (Wildman–Crippen LogP) is 5.51. The lowest BCUT2D eigenvalue weighted by molar-refractivity contribution is -0.119. The highest BCUT2D eigenvalue weighted by Crippen LogP contribution is 2.41. The van der Waals surface area contributed by atoms with Gasteiger partial charge in [-0.15, -0.1) is 11.8 Å². The van der Waals surface area contributed by atoms with Crippen molar-refractivity contribution >= 4 is 34.8 Å². The van der Waals surface area contributed by atoms with Gasteiger partial charge >= 0.3 is 0 Å². The molecule has 1 aromatic heterocycles. The van der Waals surface area contributed by atoms with Crippen molar-refractivity contribution in [1.29, 1.82) is 0 Å². The van der Waals surface area contributed by atoms with Crippen LogP contribution < -0.4 is 9.64 Å². The lowest BCUT2D eigenvalue weighted by Crippen LogP contribution is -2.31. The molecule has 4 rings (SSSR count). The first-order chi connectivity index (χ1) is 15.0. The topological polar surface area (TPSA) is 59.8 Å². The first kappa shape index (κ1) is 21.0. The molecule has 1 aliphatic heterocycles. The Morgan fingerprint density at radius 2 is 1.84 bits per heavy atom. The zero-order valence-corrected chi connectivity index (χ0v) is 18.5. The third-order valence-corrected chi connectivity index (χ3v) is 6.11. The van der Waals surface area contributed by atoms with Gasteiger partial charge in [0.1, 0.15) is 11.5 Å². The number of anilines is 1. The Kier molecular flexibility index (Phi) is 6.00. The Labute approximate surface area is 185 Å². The van der Waals surface area contributed by atoms with Crippen molar-refractivity contribution in [2.75, 3.05) is 11.5 Å². The summed E-state index contributed by atoms with van der Waals surface area (Å²) < 4.78 is 11.0. The molecular formula is C25H23NO4S. The average molecular weight is 434 g/mol. The first-order valence-corrected chi connectivity index (χ1v) is 11.1. The monoisotopic (exact) mass is 433 g/mol. The van der Waals surface area contributed by atoms with Crippen LogP contribution in [-0.2, 0) is 15.3 Å². The van der Waals surface area contributed by atoms with Crippen LogP contribution in [-0.4, -0.2) is 18.4 Å². The molecular weight excluding hydrogens is 410 g/mol. The van der Waals surface area contributed by atoms with Crippen LogP contribution in [0, 0.1) is 13.8 Å². The summed E-state index contributed by atoms with van der Waals surface area (Å²) in [5.41, 5.74) is 3.76. The second kappa shape index (κ2) is 8.86. The number of ether oxygens (including phenoxy) is 1. The molecule has 0 fully saturated rings. The van der Waals surface area contributed by atoms with Crippen LogP contribution >= 0.6 is 11.8 Å². The van der Waals surface area contributed by atoms with E-state index >= 15 is 0 Å². The molecule has 0 atom stereocenters. The van der Waals surface area contributed by atoms with E-state index in [-0.39, 0.29) is 11.8 Å². The molecule has 31 heavy (non-hydrogen) atoms. The Hall–Kier alpha value is -3.25. The maximum Gasteiger partial charge on any atom is 0.272 e. The summed E-state index contributed by atoms with van der Waals surface area (Å²) in [6.07, 6.45) is 1.60. The van der Waals surface area contributed by atoms with Crippen LogP contribution in [0.5, 0.6) is 5.75 Å². The van der Waals surface area contributed by atoms with Gasteiger partial charge in [0, 0.05) is 6.07 Å². The number of amides is 2. The number of hydrogen-bond acceptors (Lipinski definition) is 5. The van der Waals surface area contributed by atoms with Gasteiger partial charge in [-0.1, -0.05) is 29.8 Å². The van der Waals surface area contributed by atoms with Crippen LogP contribution in [0.3, 0.4) is 0 Å². The van der Waals surface area contributed by atoms with E-state index in [0.29, 0.717) is 34.3 Å². The molecule has 3 aromatic rings. The molecule has 0 radical (unpaired) electrons. The highest BCUT2D eigenvalue weighted by Gasteiger charge is 2.40. The van der Waals surface area contributed by atoms with Crippen LogP contribution in [0.4, 0.5) is 5.69 Å². The van der Waals surface area contributed by atoms with Gasteiger partial charge in [-0.2, -0.15) is 0 Å². The van der Waals surface area contributed by atoms with Crippen molar-refractivity contribution < 1.29 is 18.7 Å². The van der Waals surface area contributed by atoms with Crippen molar-refractivity contribution in [1.82, 2.24) is 0 Å². The largest absolute Gasteiger partial charge is 0.494 e. The first-order valence-electron chi connectivity index (χ1n) is 10.1. The van der Waals surface area contributed by atoms with Gasteiger partial charge < -0.3 is 9.15 Å². The molecule has 2 aromatic carbocycles. The number of nitrogens with zero attached hydrogens (tertiary/aromatic N) is 1. The molecule has 0 bridgehead atoms. The fourth-order valence-corrected chi connectivity index (χ4v) is 4.63. The Morgan fingerprint density at radius 3 is 2.55 bits per heavy atom. The SMILES string of the molecule is CCOc1cccc(N2C(=O)C(SCc3ccco3)=C(c3ccc(C)cc3C)C2=O)c1. The molecule has 158 valence electrons. The van der Waals surface area contributed by atoms with Crippen molar-refractivity contribution in [3.63, 3.8) is 0 Å². The highest BCUT2D eigenvalue weighted by molar-refractivity contribution is 8.03. The zero-order chi connectivity index (χ0) is 22.0. The van der Waals surface area contributed by atoms with E-state index in [4.69, 9.17) is 9.15 Å². The predicted molar refractivity (Wildman–Crippen MR) is 123 cm³/mol. The molecule has 6 heteroatoms. The van der Waals surface area contributed by atoms with Gasteiger partial charge in [-0.25, -0.2) is 4.90 Å². The minimum absolute atomic E-state index is 0.326. The van der Waals surface area contributed by atoms with Gasteiger partial charge in [0.05, 0.1) is 34.8 Å². The number of rotatable bonds is 7. The second-order valence-electron chi connectivity index (χ2n) is 7.27. The Balaban J connectivity index is 1.77. The molecule has 5 nitrogen and oxygen atoms in total. The molecule has 0 unspecified atom stereocenters. The average Bonchev–Trinajstić information content (AvgIpc) is 3.33.